The fraction of sp³-hybridized carbons (Fsp3) is 0.750. The van der Waals surface area contributed by atoms with Gasteiger partial charge < -0.3 is 5.32 Å². The number of nitrogens with one attached hydrogen (secondary N) is 1. The lowest BCUT2D eigenvalue weighted by molar-refractivity contribution is 0.341. The van der Waals surface area contributed by atoms with Crippen LogP contribution in [0.1, 0.15) is 49.9 Å². The van der Waals surface area contributed by atoms with Crippen LogP contribution in [0.25, 0.3) is 0 Å². The predicted octanol–water partition coefficient (Wildman–Crippen LogP) is 2.24. The molecule has 0 aromatic carbocycles. The van der Waals surface area contributed by atoms with E-state index in [0.29, 0.717) is 12.0 Å². The summed E-state index contributed by atoms with van der Waals surface area (Å²) in [7, 11) is 0. The number of aromatic nitrogens is 2. The highest BCUT2D eigenvalue weighted by Gasteiger charge is 2.17. The van der Waals surface area contributed by atoms with Crippen molar-refractivity contribution in [1.82, 2.24) is 15.1 Å². The Labute approximate surface area is 91.9 Å². The molecule has 1 fully saturated rings. The Kier molecular flexibility index (Phi) is 3.10. The van der Waals surface area contributed by atoms with Crippen molar-refractivity contribution in [3.63, 3.8) is 0 Å². The second-order valence-electron chi connectivity index (χ2n) is 4.81. The van der Waals surface area contributed by atoms with Crippen LogP contribution in [0.5, 0.6) is 0 Å². The molecule has 0 unspecified atom stereocenters. The molecule has 0 saturated carbocycles. The summed E-state index contributed by atoms with van der Waals surface area (Å²) in [5.74, 6) is 0.535. The lowest BCUT2D eigenvalue weighted by atomic mass is 10.1. The molecule has 0 spiro atoms. The predicted molar refractivity (Wildman–Crippen MR) is 62.2 cm³/mol. The van der Waals surface area contributed by atoms with Gasteiger partial charge in [-0.15, -0.1) is 0 Å². The standard InChI is InChI=1S/C12H21N3/c1-9(2)12-10(3)8-15(14-12)11-4-6-13-7-5-11/h8-9,11,13H,4-7H2,1-3H3. The van der Waals surface area contributed by atoms with Crippen LogP contribution in [-0.2, 0) is 0 Å². The van der Waals surface area contributed by atoms with Crippen molar-refractivity contribution >= 4 is 0 Å². The summed E-state index contributed by atoms with van der Waals surface area (Å²) in [6, 6.07) is 0.609. The van der Waals surface area contributed by atoms with E-state index in [-0.39, 0.29) is 0 Å². The molecule has 84 valence electrons. The van der Waals surface area contributed by atoms with Gasteiger partial charge in [0.2, 0.25) is 0 Å². The van der Waals surface area contributed by atoms with E-state index < -0.39 is 0 Å². The van der Waals surface area contributed by atoms with E-state index in [9.17, 15) is 0 Å². The summed E-state index contributed by atoms with van der Waals surface area (Å²) in [5, 5.41) is 8.11. The lowest BCUT2D eigenvalue weighted by Crippen LogP contribution is -2.29. The van der Waals surface area contributed by atoms with Gasteiger partial charge in [0.05, 0.1) is 11.7 Å². The highest BCUT2D eigenvalue weighted by molar-refractivity contribution is 5.18. The van der Waals surface area contributed by atoms with Gasteiger partial charge in [0, 0.05) is 6.20 Å². The molecule has 1 N–H and O–H groups in total. The van der Waals surface area contributed by atoms with E-state index in [1.807, 2.05) is 0 Å². The Morgan fingerprint density at radius 1 is 1.40 bits per heavy atom. The Balaban J connectivity index is 2.17. The van der Waals surface area contributed by atoms with E-state index in [2.05, 4.69) is 37.0 Å². The second-order valence-corrected chi connectivity index (χ2v) is 4.81. The van der Waals surface area contributed by atoms with E-state index in [4.69, 9.17) is 5.10 Å². The quantitative estimate of drug-likeness (QED) is 0.806. The van der Waals surface area contributed by atoms with Gasteiger partial charge in [-0.1, -0.05) is 13.8 Å². The van der Waals surface area contributed by atoms with Gasteiger partial charge in [-0.3, -0.25) is 4.68 Å². The van der Waals surface area contributed by atoms with Crippen LogP contribution in [0.2, 0.25) is 0 Å². The molecule has 15 heavy (non-hydrogen) atoms. The molecule has 1 aromatic rings. The molecule has 2 heterocycles. The molecule has 3 heteroatoms. The third-order valence-electron chi connectivity index (χ3n) is 3.18. The maximum Gasteiger partial charge on any atom is 0.0679 e. The van der Waals surface area contributed by atoms with Gasteiger partial charge >= 0.3 is 0 Å². The van der Waals surface area contributed by atoms with Crippen molar-refractivity contribution in [2.45, 2.75) is 45.6 Å². The van der Waals surface area contributed by atoms with Crippen molar-refractivity contribution in [3.05, 3.63) is 17.5 Å². The SMILES string of the molecule is Cc1cn(C2CCNCC2)nc1C(C)C. The van der Waals surface area contributed by atoms with Crippen LogP contribution < -0.4 is 5.32 Å². The molecule has 0 radical (unpaired) electrons. The molecular formula is C12H21N3. The van der Waals surface area contributed by atoms with Crippen LogP contribution in [0, 0.1) is 6.92 Å². The molecule has 1 saturated heterocycles. The first-order valence-electron chi connectivity index (χ1n) is 5.95. The smallest absolute Gasteiger partial charge is 0.0679 e. The molecule has 0 bridgehead atoms. The van der Waals surface area contributed by atoms with Crippen molar-refractivity contribution < 1.29 is 0 Å². The first kappa shape index (κ1) is 10.7. The summed E-state index contributed by atoms with van der Waals surface area (Å²) in [4.78, 5) is 0. The minimum Gasteiger partial charge on any atom is -0.317 e. The first-order chi connectivity index (χ1) is 7.18. The third kappa shape index (κ3) is 2.23. The zero-order chi connectivity index (χ0) is 10.8. The number of hydrogen-bond acceptors (Lipinski definition) is 2. The number of nitrogens with zero attached hydrogens (tertiary/aromatic N) is 2. The van der Waals surface area contributed by atoms with E-state index >= 15 is 0 Å². The molecule has 1 aromatic heterocycles. The Morgan fingerprint density at radius 3 is 2.60 bits per heavy atom. The van der Waals surface area contributed by atoms with Crippen molar-refractivity contribution in [1.29, 1.82) is 0 Å². The van der Waals surface area contributed by atoms with Gasteiger partial charge in [-0.25, -0.2) is 0 Å². The molecule has 1 aliphatic rings. The summed E-state index contributed by atoms with van der Waals surface area (Å²) in [5.41, 5.74) is 2.59. The van der Waals surface area contributed by atoms with Crippen LogP contribution >= 0.6 is 0 Å². The van der Waals surface area contributed by atoms with Gasteiger partial charge in [-0.2, -0.15) is 5.10 Å². The fourth-order valence-electron chi connectivity index (χ4n) is 2.33. The van der Waals surface area contributed by atoms with Crippen LogP contribution in [0.15, 0.2) is 6.20 Å². The highest BCUT2D eigenvalue weighted by atomic mass is 15.3. The summed E-state index contributed by atoms with van der Waals surface area (Å²) in [6.45, 7) is 8.84. The average molecular weight is 207 g/mol. The normalized spacial score (nSPS) is 18.7. The number of aryl methyl sites for hydroxylation is 1. The van der Waals surface area contributed by atoms with Gasteiger partial charge in [0.1, 0.15) is 0 Å². The van der Waals surface area contributed by atoms with E-state index in [1.54, 1.807) is 0 Å². The zero-order valence-electron chi connectivity index (χ0n) is 9.95. The number of hydrogen-bond donors (Lipinski definition) is 1. The Hall–Kier alpha value is -0.830. The minimum atomic E-state index is 0.535. The maximum absolute atomic E-state index is 4.72. The van der Waals surface area contributed by atoms with E-state index in [0.717, 1.165) is 13.1 Å². The summed E-state index contributed by atoms with van der Waals surface area (Å²) >= 11 is 0. The fourth-order valence-corrected chi connectivity index (χ4v) is 2.33. The zero-order valence-corrected chi connectivity index (χ0v) is 9.95. The monoisotopic (exact) mass is 207 g/mol. The molecule has 3 nitrogen and oxygen atoms in total. The number of piperidine rings is 1. The summed E-state index contributed by atoms with van der Waals surface area (Å²) < 4.78 is 2.19. The van der Waals surface area contributed by atoms with Gasteiger partial charge in [-0.05, 0) is 44.3 Å². The topological polar surface area (TPSA) is 29.9 Å². The lowest BCUT2D eigenvalue weighted by Gasteiger charge is -2.22. The highest BCUT2D eigenvalue weighted by Crippen LogP contribution is 2.22. The Morgan fingerprint density at radius 2 is 2.07 bits per heavy atom. The molecule has 2 rings (SSSR count). The van der Waals surface area contributed by atoms with Gasteiger partial charge in [0.25, 0.3) is 0 Å². The average Bonchev–Trinajstić information content (AvgIpc) is 2.62. The first-order valence-corrected chi connectivity index (χ1v) is 5.95. The van der Waals surface area contributed by atoms with Crippen molar-refractivity contribution in [2.75, 3.05) is 13.1 Å². The summed E-state index contributed by atoms with van der Waals surface area (Å²) in [6.07, 6.45) is 4.63. The molecule has 1 aliphatic heterocycles. The van der Waals surface area contributed by atoms with Crippen molar-refractivity contribution in [3.8, 4) is 0 Å². The number of rotatable bonds is 2. The minimum absolute atomic E-state index is 0.535. The maximum atomic E-state index is 4.72. The second kappa shape index (κ2) is 4.35. The largest absolute Gasteiger partial charge is 0.317 e. The van der Waals surface area contributed by atoms with Crippen LogP contribution in [-0.4, -0.2) is 22.9 Å². The van der Waals surface area contributed by atoms with E-state index in [1.165, 1.54) is 24.1 Å². The van der Waals surface area contributed by atoms with Crippen LogP contribution in [0.4, 0.5) is 0 Å². The molecule has 0 aliphatic carbocycles. The Bertz CT molecular complexity index is 322. The molecule has 0 atom stereocenters. The van der Waals surface area contributed by atoms with Gasteiger partial charge in [0.15, 0.2) is 0 Å². The third-order valence-corrected chi connectivity index (χ3v) is 3.18. The molecule has 0 amide bonds. The van der Waals surface area contributed by atoms with Crippen LogP contribution in [0.3, 0.4) is 0 Å². The van der Waals surface area contributed by atoms with Crippen molar-refractivity contribution in [2.24, 2.45) is 0 Å². The molecular weight excluding hydrogens is 186 g/mol.